The molecule has 0 amide bonds. The van der Waals surface area contributed by atoms with Crippen molar-refractivity contribution in [1.82, 2.24) is 15.5 Å². The molecule has 1 heterocycles. The molecular weight excluding hydrogens is 238 g/mol. The minimum atomic E-state index is 0.915. The van der Waals surface area contributed by atoms with Crippen molar-refractivity contribution < 1.29 is 4.74 Å². The first kappa shape index (κ1) is 14.3. The summed E-state index contributed by atoms with van der Waals surface area (Å²) in [5.41, 5.74) is 1.28. The smallest absolute Gasteiger partial charge is 0.119 e. The van der Waals surface area contributed by atoms with Crippen molar-refractivity contribution in [2.75, 3.05) is 46.4 Å². The van der Waals surface area contributed by atoms with Gasteiger partial charge in [-0.3, -0.25) is 0 Å². The van der Waals surface area contributed by atoms with E-state index in [1.807, 2.05) is 12.1 Å². The number of nitrogens with one attached hydrogen (secondary N) is 2. The lowest BCUT2D eigenvalue weighted by atomic mass is 10.2. The Kier molecular flexibility index (Phi) is 6.14. The predicted molar refractivity (Wildman–Crippen MR) is 78.6 cm³/mol. The lowest BCUT2D eigenvalue weighted by Gasteiger charge is -2.27. The molecule has 0 spiro atoms. The second-order valence-electron chi connectivity index (χ2n) is 4.97. The molecule has 0 radical (unpaired) electrons. The third kappa shape index (κ3) is 5.19. The zero-order valence-corrected chi connectivity index (χ0v) is 11.8. The van der Waals surface area contributed by atoms with Gasteiger partial charge >= 0.3 is 0 Å². The number of piperazine rings is 1. The summed E-state index contributed by atoms with van der Waals surface area (Å²) in [7, 11) is 1.71. The van der Waals surface area contributed by atoms with Gasteiger partial charge in [-0.2, -0.15) is 0 Å². The molecule has 19 heavy (non-hydrogen) atoms. The Labute approximate surface area is 116 Å². The second-order valence-corrected chi connectivity index (χ2v) is 4.97. The molecule has 1 aliphatic rings. The van der Waals surface area contributed by atoms with Gasteiger partial charge < -0.3 is 20.3 Å². The standard InChI is InChI=1S/C15H25N3O/c1-19-15-5-2-4-14(12-15)13-17-6-3-9-18-10-7-16-8-11-18/h2,4-5,12,16-17H,3,6-11,13H2,1H3. The fourth-order valence-electron chi connectivity index (χ4n) is 2.38. The molecule has 0 aromatic heterocycles. The first-order valence-corrected chi connectivity index (χ1v) is 7.15. The molecule has 106 valence electrons. The quantitative estimate of drug-likeness (QED) is 0.722. The predicted octanol–water partition coefficient (Wildman–Crippen LogP) is 1.08. The van der Waals surface area contributed by atoms with Gasteiger partial charge in [-0.25, -0.2) is 0 Å². The molecule has 1 aliphatic heterocycles. The van der Waals surface area contributed by atoms with E-state index in [2.05, 4.69) is 27.7 Å². The number of ether oxygens (including phenoxy) is 1. The van der Waals surface area contributed by atoms with Crippen LogP contribution < -0.4 is 15.4 Å². The van der Waals surface area contributed by atoms with Gasteiger partial charge in [0.25, 0.3) is 0 Å². The second kappa shape index (κ2) is 8.15. The Balaban J connectivity index is 1.58. The van der Waals surface area contributed by atoms with E-state index in [4.69, 9.17) is 4.74 Å². The van der Waals surface area contributed by atoms with E-state index in [1.165, 1.54) is 31.6 Å². The number of nitrogens with zero attached hydrogens (tertiary/aromatic N) is 1. The highest BCUT2D eigenvalue weighted by Gasteiger charge is 2.07. The van der Waals surface area contributed by atoms with Crippen LogP contribution >= 0.6 is 0 Å². The molecule has 1 aromatic carbocycles. The van der Waals surface area contributed by atoms with Crippen molar-refractivity contribution in [3.63, 3.8) is 0 Å². The largest absolute Gasteiger partial charge is 0.497 e. The molecule has 0 saturated carbocycles. The highest BCUT2D eigenvalue weighted by molar-refractivity contribution is 5.28. The van der Waals surface area contributed by atoms with E-state index < -0.39 is 0 Å². The van der Waals surface area contributed by atoms with Crippen LogP contribution in [0.15, 0.2) is 24.3 Å². The van der Waals surface area contributed by atoms with Crippen LogP contribution in [0.3, 0.4) is 0 Å². The van der Waals surface area contributed by atoms with Crippen LogP contribution in [0.2, 0.25) is 0 Å². The summed E-state index contributed by atoms with van der Waals surface area (Å²) in [6.45, 7) is 7.84. The number of hydrogen-bond acceptors (Lipinski definition) is 4. The minimum Gasteiger partial charge on any atom is -0.497 e. The number of rotatable bonds is 7. The molecule has 0 aliphatic carbocycles. The first-order valence-electron chi connectivity index (χ1n) is 7.15. The zero-order valence-electron chi connectivity index (χ0n) is 11.8. The van der Waals surface area contributed by atoms with Gasteiger partial charge in [0.1, 0.15) is 5.75 Å². The SMILES string of the molecule is COc1cccc(CNCCCN2CCNCC2)c1. The molecule has 0 bridgehead atoms. The summed E-state index contributed by atoms with van der Waals surface area (Å²) in [6, 6.07) is 8.24. The van der Waals surface area contributed by atoms with Crippen LogP contribution in [0, 0.1) is 0 Å². The molecular formula is C15H25N3O. The summed E-state index contributed by atoms with van der Waals surface area (Å²) in [5, 5.41) is 6.87. The van der Waals surface area contributed by atoms with Gasteiger partial charge in [0.05, 0.1) is 7.11 Å². The number of benzene rings is 1. The first-order chi connectivity index (χ1) is 9.38. The molecule has 0 unspecified atom stereocenters. The maximum atomic E-state index is 5.22. The molecule has 1 aromatic rings. The topological polar surface area (TPSA) is 36.5 Å². The average molecular weight is 263 g/mol. The van der Waals surface area contributed by atoms with E-state index in [0.717, 1.165) is 31.9 Å². The fraction of sp³-hybridized carbons (Fsp3) is 0.600. The van der Waals surface area contributed by atoms with Crippen LogP contribution in [0.1, 0.15) is 12.0 Å². The summed E-state index contributed by atoms with van der Waals surface area (Å²) < 4.78 is 5.22. The molecule has 0 atom stereocenters. The Hall–Kier alpha value is -1.10. The Morgan fingerprint density at radius 2 is 2.16 bits per heavy atom. The van der Waals surface area contributed by atoms with Crippen molar-refractivity contribution in [1.29, 1.82) is 0 Å². The molecule has 2 rings (SSSR count). The zero-order chi connectivity index (χ0) is 13.3. The molecule has 2 N–H and O–H groups in total. The van der Waals surface area contributed by atoms with Crippen molar-refractivity contribution in [3.8, 4) is 5.75 Å². The van der Waals surface area contributed by atoms with E-state index in [1.54, 1.807) is 7.11 Å². The van der Waals surface area contributed by atoms with Gasteiger partial charge in [0, 0.05) is 32.7 Å². The van der Waals surface area contributed by atoms with E-state index >= 15 is 0 Å². The van der Waals surface area contributed by atoms with E-state index in [9.17, 15) is 0 Å². The maximum absolute atomic E-state index is 5.22. The maximum Gasteiger partial charge on any atom is 0.119 e. The monoisotopic (exact) mass is 263 g/mol. The normalized spacial score (nSPS) is 16.5. The summed E-state index contributed by atoms with van der Waals surface area (Å²) in [4.78, 5) is 2.53. The lowest BCUT2D eigenvalue weighted by Crippen LogP contribution is -2.44. The van der Waals surface area contributed by atoms with Crippen LogP contribution in [0.5, 0.6) is 5.75 Å². The van der Waals surface area contributed by atoms with Gasteiger partial charge in [0.2, 0.25) is 0 Å². The van der Waals surface area contributed by atoms with Gasteiger partial charge in [-0.1, -0.05) is 12.1 Å². The van der Waals surface area contributed by atoms with Crippen LogP contribution in [0.25, 0.3) is 0 Å². The van der Waals surface area contributed by atoms with Crippen LogP contribution in [-0.4, -0.2) is 51.3 Å². The van der Waals surface area contributed by atoms with Crippen molar-refractivity contribution >= 4 is 0 Å². The van der Waals surface area contributed by atoms with Crippen LogP contribution in [0.4, 0.5) is 0 Å². The number of hydrogen-bond donors (Lipinski definition) is 2. The molecule has 4 nitrogen and oxygen atoms in total. The van der Waals surface area contributed by atoms with Crippen molar-refractivity contribution in [2.45, 2.75) is 13.0 Å². The summed E-state index contributed by atoms with van der Waals surface area (Å²) in [5.74, 6) is 0.931. The molecule has 1 fully saturated rings. The highest BCUT2D eigenvalue weighted by atomic mass is 16.5. The fourth-order valence-corrected chi connectivity index (χ4v) is 2.38. The van der Waals surface area contributed by atoms with Crippen molar-refractivity contribution in [2.24, 2.45) is 0 Å². The van der Waals surface area contributed by atoms with E-state index in [-0.39, 0.29) is 0 Å². The lowest BCUT2D eigenvalue weighted by molar-refractivity contribution is 0.237. The third-order valence-corrected chi connectivity index (χ3v) is 3.50. The third-order valence-electron chi connectivity index (χ3n) is 3.50. The summed E-state index contributed by atoms with van der Waals surface area (Å²) >= 11 is 0. The average Bonchev–Trinajstić information content (AvgIpc) is 2.48. The number of methoxy groups -OCH3 is 1. The Morgan fingerprint density at radius 3 is 2.95 bits per heavy atom. The highest BCUT2D eigenvalue weighted by Crippen LogP contribution is 2.11. The Morgan fingerprint density at radius 1 is 1.32 bits per heavy atom. The van der Waals surface area contributed by atoms with Crippen LogP contribution in [-0.2, 0) is 6.54 Å². The van der Waals surface area contributed by atoms with Gasteiger partial charge in [0.15, 0.2) is 0 Å². The van der Waals surface area contributed by atoms with Crippen molar-refractivity contribution in [3.05, 3.63) is 29.8 Å². The Bertz CT molecular complexity index is 364. The summed E-state index contributed by atoms with van der Waals surface area (Å²) in [6.07, 6.45) is 1.21. The van der Waals surface area contributed by atoms with Gasteiger partial charge in [-0.05, 0) is 37.2 Å². The van der Waals surface area contributed by atoms with E-state index in [0.29, 0.717) is 0 Å². The van der Waals surface area contributed by atoms with Gasteiger partial charge in [-0.15, -0.1) is 0 Å². The minimum absolute atomic E-state index is 0.915. The molecule has 4 heteroatoms. The molecule has 1 saturated heterocycles.